The number of nitrogens with zero attached hydrogens (tertiary/aromatic N) is 3. The van der Waals surface area contributed by atoms with Crippen LogP contribution in [0.5, 0.6) is 5.88 Å². The Morgan fingerprint density at radius 1 is 1.29 bits per heavy atom. The molecule has 1 amide bonds. The third-order valence-electron chi connectivity index (χ3n) is 3.49. The van der Waals surface area contributed by atoms with Crippen molar-refractivity contribution in [1.29, 1.82) is 0 Å². The largest absolute Gasteiger partial charge is 0.472 e. The molecule has 2 aromatic heterocycles. The molecule has 1 atom stereocenters. The number of ether oxygens (including phenoxy) is 1. The summed E-state index contributed by atoms with van der Waals surface area (Å²) in [6, 6.07) is 9.18. The smallest absolute Gasteiger partial charge is 0.272 e. The van der Waals surface area contributed by atoms with Gasteiger partial charge in [0.25, 0.3) is 5.91 Å². The highest BCUT2D eigenvalue weighted by Crippen LogP contribution is 2.18. The molecule has 1 aliphatic heterocycles. The number of rotatable bonds is 3. The van der Waals surface area contributed by atoms with Crippen LogP contribution in [0.4, 0.5) is 0 Å². The van der Waals surface area contributed by atoms with Gasteiger partial charge in [0.1, 0.15) is 11.8 Å². The Labute approximate surface area is 123 Å². The predicted octanol–water partition coefficient (Wildman–Crippen LogP) is 2.08. The lowest BCUT2D eigenvalue weighted by molar-refractivity contribution is 0.0765. The van der Waals surface area contributed by atoms with Crippen molar-refractivity contribution in [3.8, 4) is 5.88 Å². The minimum absolute atomic E-state index is 0.00660. The van der Waals surface area contributed by atoms with E-state index < -0.39 is 0 Å². The normalized spacial score (nSPS) is 17.8. The van der Waals surface area contributed by atoms with Crippen LogP contribution in [0, 0.1) is 6.92 Å². The first-order chi connectivity index (χ1) is 10.2. The maximum atomic E-state index is 12.3. The molecule has 3 rings (SSSR count). The molecule has 0 unspecified atom stereocenters. The second-order valence-electron chi connectivity index (χ2n) is 5.17. The van der Waals surface area contributed by atoms with Crippen LogP contribution in [-0.2, 0) is 0 Å². The zero-order valence-corrected chi connectivity index (χ0v) is 11.9. The zero-order valence-electron chi connectivity index (χ0n) is 11.9. The van der Waals surface area contributed by atoms with Gasteiger partial charge in [0.15, 0.2) is 0 Å². The number of carbonyl (C=O) groups excluding carboxylic acids is 1. The minimum atomic E-state index is -0.0430. The van der Waals surface area contributed by atoms with Gasteiger partial charge in [-0.2, -0.15) is 0 Å². The Morgan fingerprint density at radius 3 is 2.90 bits per heavy atom. The van der Waals surface area contributed by atoms with Crippen molar-refractivity contribution < 1.29 is 9.53 Å². The molecule has 108 valence electrons. The van der Waals surface area contributed by atoms with Gasteiger partial charge in [-0.1, -0.05) is 12.1 Å². The predicted molar refractivity (Wildman–Crippen MR) is 78.1 cm³/mol. The molecule has 2 aromatic rings. The number of amides is 1. The van der Waals surface area contributed by atoms with Crippen LogP contribution in [0.25, 0.3) is 0 Å². The highest BCUT2D eigenvalue weighted by atomic mass is 16.5. The van der Waals surface area contributed by atoms with Crippen LogP contribution in [0.15, 0.2) is 42.7 Å². The fourth-order valence-electron chi connectivity index (χ4n) is 2.35. The molecule has 1 saturated heterocycles. The summed E-state index contributed by atoms with van der Waals surface area (Å²) in [6.45, 7) is 3.25. The summed E-state index contributed by atoms with van der Waals surface area (Å²) in [6.07, 6.45) is 4.22. The summed E-state index contributed by atoms with van der Waals surface area (Å²) in [5.41, 5.74) is 1.58. The van der Waals surface area contributed by atoms with E-state index in [-0.39, 0.29) is 12.0 Å². The summed E-state index contributed by atoms with van der Waals surface area (Å²) >= 11 is 0. The number of likely N-dealkylation sites (tertiary alicyclic amines) is 1. The van der Waals surface area contributed by atoms with Crippen LogP contribution < -0.4 is 4.74 Å². The van der Waals surface area contributed by atoms with Crippen molar-refractivity contribution in [2.75, 3.05) is 13.1 Å². The van der Waals surface area contributed by atoms with Crippen LogP contribution in [0.2, 0.25) is 0 Å². The summed E-state index contributed by atoms with van der Waals surface area (Å²) in [5, 5.41) is 0. The van der Waals surface area contributed by atoms with Crippen molar-refractivity contribution >= 4 is 5.91 Å². The number of carbonyl (C=O) groups is 1. The second kappa shape index (κ2) is 5.91. The maximum absolute atomic E-state index is 12.3. The Bertz CT molecular complexity index is 613. The summed E-state index contributed by atoms with van der Waals surface area (Å²) in [4.78, 5) is 22.4. The van der Waals surface area contributed by atoms with E-state index in [0.717, 1.165) is 12.0 Å². The Morgan fingerprint density at radius 2 is 2.19 bits per heavy atom. The lowest BCUT2D eigenvalue weighted by Gasteiger charge is -2.16. The molecule has 21 heavy (non-hydrogen) atoms. The van der Waals surface area contributed by atoms with E-state index in [1.54, 1.807) is 29.4 Å². The van der Waals surface area contributed by atoms with E-state index in [9.17, 15) is 4.79 Å². The van der Waals surface area contributed by atoms with Crippen molar-refractivity contribution in [2.45, 2.75) is 19.4 Å². The quantitative estimate of drug-likeness (QED) is 0.865. The molecule has 1 aliphatic rings. The number of hydrogen-bond acceptors (Lipinski definition) is 4. The maximum Gasteiger partial charge on any atom is 0.272 e. The standard InChI is InChI=1S/C16H17N3O2/c1-12-5-6-15(18-10-12)21-13-7-9-19(11-13)16(20)14-4-2-3-8-17-14/h2-6,8,10,13H,7,9,11H2,1H3/t13-/m1/s1. The van der Waals surface area contributed by atoms with E-state index in [2.05, 4.69) is 9.97 Å². The molecule has 3 heterocycles. The average molecular weight is 283 g/mol. The molecular weight excluding hydrogens is 266 g/mol. The molecule has 1 fully saturated rings. The van der Waals surface area contributed by atoms with Crippen molar-refractivity contribution in [1.82, 2.24) is 14.9 Å². The van der Waals surface area contributed by atoms with Crippen LogP contribution in [0.1, 0.15) is 22.5 Å². The highest BCUT2D eigenvalue weighted by Gasteiger charge is 2.28. The van der Waals surface area contributed by atoms with E-state index in [4.69, 9.17) is 4.74 Å². The Kier molecular flexibility index (Phi) is 3.81. The van der Waals surface area contributed by atoms with Crippen molar-refractivity contribution in [2.24, 2.45) is 0 Å². The minimum Gasteiger partial charge on any atom is -0.472 e. The second-order valence-corrected chi connectivity index (χ2v) is 5.17. The molecule has 0 spiro atoms. The number of hydrogen-bond donors (Lipinski definition) is 0. The lowest BCUT2D eigenvalue weighted by atomic mass is 10.3. The van der Waals surface area contributed by atoms with Gasteiger partial charge in [0.05, 0.1) is 6.54 Å². The van der Waals surface area contributed by atoms with Gasteiger partial charge in [-0.25, -0.2) is 4.98 Å². The van der Waals surface area contributed by atoms with Gasteiger partial charge >= 0.3 is 0 Å². The molecule has 0 bridgehead atoms. The van der Waals surface area contributed by atoms with E-state index in [1.807, 2.05) is 25.1 Å². The van der Waals surface area contributed by atoms with Gasteiger partial charge in [-0.05, 0) is 24.6 Å². The fraction of sp³-hybridized carbons (Fsp3) is 0.312. The average Bonchev–Trinajstić information content (AvgIpc) is 2.98. The fourth-order valence-corrected chi connectivity index (χ4v) is 2.35. The number of aryl methyl sites for hydroxylation is 1. The topological polar surface area (TPSA) is 55.3 Å². The molecule has 0 radical (unpaired) electrons. The molecule has 0 aliphatic carbocycles. The van der Waals surface area contributed by atoms with Gasteiger partial charge in [-0.3, -0.25) is 9.78 Å². The third-order valence-corrected chi connectivity index (χ3v) is 3.49. The van der Waals surface area contributed by atoms with Gasteiger partial charge in [0.2, 0.25) is 5.88 Å². The first-order valence-electron chi connectivity index (χ1n) is 7.02. The first-order valence-corrected chi connectivity index (χ1v) is 7.02. The van der Waals surface area contributed by atoms with E-state index >= 15 is 0 Å². The first kappa shape index (κ1) is 13.5. The molecular formula is C16H17N3O2. The zero-order chi connectivity index (χ0) is 14.7. The number of pyridine rings is 2. The monoisotopic (exact) mass is 283 g/mol. The van der Waals surface area contributed by atoms with Gasteiger partial charge < -0.3 is 9.64 Å². The van der Waals surface area contributed by atoms with E-state index in [1.165, 1.54) is 0 Å². The molecule has 5 nitrogen and oxygen atoms in total. The third kappa shape index (κ3) is 3.18. The highest BCUT2D eigenvalue weighted by molar-refractivity contribution is 5.92. The van der Waals surface area contributed by atoms with E-state index in [0.29, 0.717) is 24.7 Å². The van der Waals surface area contributed by atoms with Crippen LogP contribution in [-0.4, -0.2) is 40.0 Å². The lowest BCUT2D eigenvalue weighted by Crippen LogP contribution is -2.31. The van der Waals surface area contributed by atoms with Gasteiger partial charge in [0, 0.05) is 31.4 Å². The van der Waals surface area contributed by atoms with Crippen LogP contribution in [0.3, 0.4) is 0 Å². The SMILES string of the molecule is Cc1ccc(O[C@@H]2CCN(C(=O)c3ccccn3)C2)nc1. The molecule has 5 heteroatoms. The Balaban J connectivity index is 1.60. The van der Waals surface area contributed by atoms with Crippen molar-refractivity contribution in [3.63, 3.8) is 0 Å². The molecule has 0 N–H and O–H groups in total. The van der Waals surface area contributed by atoms with Gasteiger partial charge in [-0.15, -0.1) is 0 Å². The summed E-state index contributed by atoms with van der Waals surface area (Å²) < 4.78 is 5.82. The summed E-state index contributed by atoms with van der Waals surface area (Å²) in [5.74, 6) is 0.566. The molecule has 0 saturated carbocycles. The van der Waals surface area contributed by atoms with Crippen LogP contribution >= 0.6 is 0 Å². The molecule has 0 aromatic carbocycles. The van der Waals surface area contributed by atoms with Crippen molar-refractivity contribution in [3.05, 3.63) is 54.0 Å². The number of aromatic nitrogens is 2. The Hall–Kier alpha value is -2.43. The summed E-state index contributed by atoms with van der Waals surface area (Å²) in [7, 11) is 0.